The summed E-state index contributed by atoms with van der Waals surface area (Å²) in [4.78, 5) is 14.7. The maximum Gasteiger partial charge on any atom is 0.227 e. The molecule has 2 bridgehead atoms. The molecule has 2 unspecified atom stereocenters. The molecule has 0 radical (unpaired) electrons. The molecule has 0 aliphatic carbocycles. The molecular weight excluding hydrogens is 312 g/mol. The van der Waals surface area contributed by atoms with Crippen molar-refractivity contribution >= 4 is 24.0 Å². The summed E-state index contributed by atoms with van der Waals surface area (Å²) < 4.78 is 5.71. The number of hydrogen-bond donors (Lipinski definition) is 1. The van der Waals surface area contributed by atoms with Gasteiger partial charge in [0.15, 0.2) is 0 Å². The van der Waals surface area contributed by atoms with Gasteiger partial charge in [0.2, 0.25) is 5.91 Å². The van der Waals surface area contributed by atoms with Gasteiger partial charge in [-0.1, -0.05) is 6.07 Å². The highest BCUT2D eigenvalue weighted by molar-refractivity contribution is 5.95. The predicted molar refractivity (Wildman–Crippen MR) is 93.6 cm³/mol. The second-order valence-electron chi connectivity index (χ2n) is 7.04. The van der Waals surface area contributed by atoms with Gasteiger partial charge in [0, 0.05) is 18.5 Å². The van der Waals surface area contributed by atoms with Gasteiger partial charge in [0.05, 0.1) is 12.2 Å². The van der Waals surface area contributed by atoms with Crippen molar-refractivity contribution in [1.29, 1.82) is 0 Å². The third kappa shape index (κ3) is 3.33. The summed E-state index contributed by atoms with van der Waals surface area (Å²) >= 11 is 0. The van der Waals surface area contributed by atoms with E-state index >= 15 is 0 Å². The molecule has 0 aromatic heterocycles. The van der Waals surface area contributed by atoms with Crippen molar-refractivity contribution < 1.29 is 9.53 Å². The van der Waals surface area contributed by atoms with Crippen molar-refractivity contribution in [3.63, 3.8) is 0 Å². The van der Waals surface area contributed by atoms with E-state index in [9.17, 15) is 4.79 Å². The Balaban J connectivity index is 0.00000156. The number of fused-ring (bicyclic) bond motifs is 3. The fraction of sp³-hybridized carbons (Fsp3) is 0.611. The lowest BCUT2D eigenvalue weighted by atomic mass is 9.89. The Kier molecular flexibility index (Phi) is 4.83. The van der Waals surface area contributed by atoms with Crippen molar-refractivity contribution in [3.8, 4) is 5.75 Å². The Morgan fingerprint density at radius 2 is 2.04 bits per heavy atom. The average molecular weight is 337 g/mol. The van der Waals surface area contributed by atoms with E-state index in [2.05, 4.69) is 18.3 Å². The fourth-order valence-corrected chi connectivity index (χ4v) is 4.29. The Hall–Kier alpha value is -1.26. The number of aryl methyl sites for hydroxylation is 1. The number of halogens is 1. The van der Waals surface area contributed by atoms with Gasteiger partial charge in [-0.05, 0) is 56.2 Å². The number of amides is 1. The molecule has 23 heavy (non-hydrogen) atoms. The first kappa shape index (κ1) is 16.6. The second-order valence-corrected chi connectivity index (χ2v) is 7.04. The van der Waals surface area contributed by atoms with Crippen molar-refractivity contribution in [1.82, 2.24) is 5.32 Å². The van der Waals surface area contributed by atoms with Crippen LogP contribution in [0.3, 0.4) is 0 Å². The fourth-order valence-electron chi connectivity index (χ4n) is 4.29. The van der Waals surface area contributed by atoms with E-state index in [-0.39, 0.29) is 18.3 Å². The lowest BCUT2D eigenvalue weighted by Gasteiger charge is -2.33. The number of piperidine rings is 1. The summed E-state index contributed by atoms with van der Waals surface area (Å²) in [6.45, 7) is 3.32. The van der Waals surface area contributed by atoms with Crippen LogP contribution < -0.4 is 15.0 Å². The molecule has 2 fully saturated rings. The molecule has 126 valence electrons. The Bertz CT molecular complexity index is 580. The summed E-state index contributed by atoms with van der Waals surface area (Å²) in [5.74, 6) is 1.66. The van der Waals surface area contributed by atoms with E-state index in [4.69, 9.17) is 4.74 Å². The van der Waals surface area contributed by atoms with E-state index in [0.29, 0.717) is 37.6 Å². The van der Waals surface area contributed by atoms with Gasteiger partial charge in [-0.25, -0.2) is 0 Å². The highest BCUT2D eigenvalue weighted by Crippen LogP contribution is 2.36. The van der Waals surface area contributed by atoms with E-state index < -0.39 is 0 Å². The number of carbonyl (C=O) groups excluding carboxylic acids is 1. The largest absolute Gasteiger partial charge is 0.490 e. The molecule has 4 rings (SSSR count). The second kappa shape index (κ2) is 6.70. The van der Waals surface area contributed by atoms with Crippen LogP contribution in [-0.2, 0) is 4.79 Å². The van der Waals surface area contributed by atoms with Crippen molar-refractivity contribution in [3.05, 3.63) is 23.8 Å². The predicted octanol–water partition coefficient (Wildman–Crippen LogP) is 3.06. The monoisotopic (exact) mass is 336 g/mol. The third-order valence-corrected chi connectivity index (χ3v) is 5.31. The standard InChI is InChI=1S/C18H24N2O2.ClH/c1-12-2-5-16-17(8-12)22-7-6-20(16)18(21)11-13-9-14-3-4-15(10-13)19-14;/h2,5,8,13-15,19H,3-4,6-7,9-11H2,1H3;1H. The van der Waals surface area contributed by atoms with Crippen LogP contribution in [0.5, 0.6) is 5.75 Å². The molecule has 3 aliphatic heterocycles. The number of anilines is 1. The highest BCUT2D eigenvalue weighted by atomic mass is 35.5. The van der Waals surface area contributed by atoms with Crippen LogP contribution in [0.25, 0.3) is 0 Å². The number of nitrogens with zero attached hydrogens (tertiary/aromatic N) is 1. The minimum absolute atomic E-state index is 0. The zero-order chi connectivity index (χ0) is 15.1. The number of nitrogens with one attached hydrogen (secondary N) is 1. The zero-order valence-corrected chi connectivity index (χ0v) is 14.4. The Morgan fingerprint density at radius 3 is 2.78 bits per heavy atom. The number of carbonyl (C=O) groups is 1. The summed E-state index contributed by atoms with van der Waals surface area (Å²) in [5.41, 5.74) is 2.11. The SMILES string of the molecule is Cc1ccc2c(c1)OCCN2C(=O)CC1CC2CCC(C1)N2.Cl. The molecule has 4 nitrogen and oxygen atoms in total. The van der Waals surface area contributed by atoms with Crippen LogP contribution >= 0.6 is 12.4 Å². The summed E-state index contributed by atoms with van der Waals surface area (Å²) in [5, 5.41) is 3.65. The van der Waals surface area contributed by atoms with Crippen molar-refractivity contribution in [2.24, 2.45) is 5.92 Å². The smallest absolute Gasteiger partial charge is 0.227 e. The third-order valence-electron chi connectivity index (χ3n) is 5.31. The number of ether oxygens (including phenoxy) is 1. The summed E-state index contributed by atoms with van der Waals surface area (Å²) in [6, 6.07) is 7.40. The molecular formula is C18H25ClN2O2. The van der Waals surface area contributed by atoms with Gasteiger partial charge in [0.25, 0.3) is 0 Å². The molecule has 1 N–H and O–H groups in total. The van der Waals surface area contributed by atoms with Gasteiger partial charge in [-0.2, -0.15) is 0 Å². The molecule has 1 aromatic rings. The Labute approximate surface area is 144 Å². The lowest BCUT2D eigenvalue weighted by molar-refractivity contribution is -0.120. The molecule has 1 aromatic carbocycles. The average Bonchev–Trinajstić information content (AvgIpc) is 2.85. The van der Waals surface area contributed by atoms with E-state index in [1.807, 2.05) is 17.0 Å². The van der Waals surface area contributed by atoms with Gasteiger partial charge in [0.1, 0.15) is 12.4 Å². The van der Waals surface area contributed by atoms with Gasteiger partial charge >= 0.3 is 0 Å². The van der Waals surface area contributed by atoms with Crippen LogP contribution in [0.1, 0.15) is 37.7 Å². The van der Waals surface area contributed by atoms with Crippen LogP contribution in [0.4, 0.5) is 5.69 Å². The van der Waals surface area contributed by atoms with Crippen molar-refractivity contribution in [2.45, 2.75) is 51.1 Å². The van der Waals surface area contributed by atoms with E-state index in [0.717, 1.165) is 24.3 Å². The van der Waals surface area contributed by atoms with Gasteiger partial charge in [-0.3, -0.25) is 4.79 Å². The first-order valence-corrected chi connectivity index (χ1v) is 8.49. The molecule has 5 heteroatoms. The van der Waals surface area contributed by atoms with E-state index in [1.165, 1.54) is 18.4 Å². The number of rotatable bonds is 2. The molecule has 3 aliphatic rings. The highest BCUT2D eigenvalue weighted by Gasteiger charge is 2.35. The molecule has 2 saturated heterocycles. The molecule has 0 spiro atoms. The summed E-state index contributed by atoms with van der Waals surface area (Å²) in [6.07, 6.45) is 5.58. The summed E-state index contributed by atoms with van der Waals surface area (Å²) in [7, 11) is 0. The van der Waals surface area contributed by atoms with Crippen LogP contribution in [0, 0.1) is 12.8 Å². The Morgan fingerprint density at radius 1 is 1.30 bits per heavy atom. The van der Waals surface area contributed by atoms with E-state index in [1.54, 1.807) is 0 Å². The van der Waals surface area contributed by atoms with Crippen LogP contribution in [0.2, 0.25) is 0 Å². The quantitative estimate of drug-likeness (QED) is 0.902. The molecule has 2 atom stereocenters. The topological polar surface area (TPSA) is 41.6 Å². The minimum Gasteiger partial charge on any atom is -0.490 e. The zero-order valence-electron chi connectivity index (χ0n) is 13.6. The van der Waals surface area contributed by atoms with Crippen molar-refractivity contribution in [2.75, 3.05) is 18.1 Å². The maximum absolute atomic E-state index is 12.8. The lowest BCUT2D eigenvalue weighted by Crippen LogP contribution is -2.42. The number of benzene rings is 1. The first-order chi connectivity index (χ1) is 10.7. The van der Waals surface area contributed by atoms with Gasteiger partial charge in [-0.15, -0.1) is 12.4 Å². The molecule has 0 saturated carbocycles. The van der Waals surface area contributed by atoms with Gasteiger partial charge < -0.3 is 15.0 Å². The minimum atomic E-state index is 0. The normalized spacial score (nSPS) is 28.6. The molecule has 3 heterocycles. The van der Waals surface area contributed by atoms with Crippen LogP contribution in [0.15, 0.2) is 18.2 Å². The maximum atomic E-state index is 12.8. The number of hydrogen-bond acceptors (Lipinski definition) is 3. The van der Waals surface area contributed by atoms with Crippen LogP contribution in [-0.4, -0.2) is 31.1 Å². The molecule has 1 amide bonds. The first-order valence-electron chi connectivity index (χ1n) is 8.49.